The van der Waals surface area contributed by atoms with E-state index in [1.165, 1.54) is 22.3 Å². The third kappa shape index (κ3) is 4.11. The second-order valence-corrected chi connectivity index (χ2v) is 8.38. The zero-order chi connectivity index (χ0) is 22.0. The van der Waals surface area contributed by atoms with Gasteiger partial charge in [-0.1, -0.05) is 6.07 Å². The van der Waals surface area contributed by atoms with Crippen molar-refractivity contribution >= 4 is 35.0 Å². The van der Waals surface area contributed by atoms with Crippen molar-refractivity contribution in [1.82, 2.24) is 14.7 Å². The molecule has 0 unspecified atom stereocenters. The smallest absolute Gasteiger partial charge is 0.264 e. The second kappa shape index (κ2) is 8.99. The zero-order valence-corrected chi connectivity index (χ0v) is 18.0. The fourth-order valence-corrected chi connectivity index (χ4v) is 4.54. The van der Waals surface area contributed by atoms with Gasteiger partial charge in [0.1, 0.15) is 0 Å². The Morgan fingerprint density at radius 1 is 0.968 bits per heavy atom. The topological polar surface area (TPSA) is 87.2 Å². The number of benzene rings is 1. The van der Waals surface area contributed by atoms with Crippen LogP contribution in [0.4, 0.5) is 0 Å². The monoisotopic (exact) mass is 441 g/mol. The van der Waals surface area contributed by atoms with Crippen molar-refractivity contribution < 1.29 is 23.9 Å². The molecule has 0 N–H and O–H groups in total. The van der Waals surface area contributed by atoms with E-state index in [1.54, 1.807) is 35.1 Å². The van der Waals surface area contributed by atoms with Gasteiger partial charge in [0.2, 0.25) is 0 Å². The first-order valence-electron chi connectivity index (χ1n) is 10.1. The Labute approximate surface area is 184 Å². The number of ether oxygens (including phenoxy) is 1. The van der Waals surface area contributed by atoms with E-state index in [1.807, 2.05) is 11.4 Å². The Hall–Kier alpha value is -3.04. The van der Waals surface area contributed by atoms with E-state index in [0.717, 1.165) is 0 Å². The molecule has 2 aromatic rings. The number of amides is 4. The van der Waals surface area contributed by atoms with E-state index in [-0.39, 0.29) is 35.7 Å². The highest BCUT2D eigenvalue weighted by Crippen LogP contribution is 2.25. The summed E-state index contributed by atoms with van der Waals surface area (Å²) in [7, 11) is 1.57. The molecule has 162 valence electrons. The fourth-order valence-electron chi connectivity index (χ4n) is 3.85. The van der Waals surface area contributed by atoms with Crippen molar-refractivity contribution in [2.75, 3.05) is 46.4 Å². The van der Waals surface area contributed by atoms with E-state index >= 15 is 0 Å². The van der Waals surface area contributed by atoms with Gasteiger partial charge in [0.25, 0.3) is 23.6 Å². The Morgan fingerprint density at radius 3 is 2.29 bits per heavy atom. The molecule has 2 aliphatic rings. The molecule has 1 saturated heterocycles. The molecule has 3 heterocycles. The number of piperazine rings is 1. The number of fused-ring (bicyclic) bond motifs is 1. The second-order valence-electron chi connectivity index (χ2n) is 7.43. The molecule has 31 heavy (non-hydrogen) atoms. The summed E-state index contributed by atoms with van der Waals surface area (Å²) in [4.78, 5) is 56.0. The molecule has 0 saturated carbocycles. The van der Waals surface area contributed by atoms with Crippen LogP contribution in [0.1, 0.15) is 47.2 Å². The molecule has 0 spiro atoms. The molecule has 4 rings (SSSR count). The van der Waals surface area contributed by atoms with Crippen LogP contribution in [0, 0.1) is 0 Å². The molecule has 9 heteroatoms. The summed E-state index contributed by atoms with van der Waals surface area (Å²) in [5, 5.41) is 1.87. The number of hydrogen-bond donors (Lipinski definition) is 0. The summed E-state index contributed by atoms with van der Waals surface area (Å²) in [6.07, 6.45) is 0.558. The molecule has 0 radical (unpaired) electrons. The maximum absolute atomic E-state index is 13.0. The number of methoxy groups -OCH3 is 1. The van der Waals surface area contributed by atoms with E-state index in [4.69, 9.17) is 4.74 Å². The first-order chi connectivity index (χ1) is 15.0. The van der Waals surface area contributed by atoms with Gasteiger partial charge < -0.3 is 14.5 Å². The van der Waals surface area contributed by atoms with E-state index in [0.29, 0.717) is 55.2 Å². The Morgan fingerprint density at radius 2 is 1.65 bits per heavy atom. The minimum absolute atomic E-state index is 0.0164. The number of imide groups is 1. The van der Waals surface area contributed by atoms with Crippen LogP contribution in [0.2, 0.25) is 0 Å². The molecule has 1 aromatic heterocycles. The predicted molar refractivity (Wildman–Crippen MR) is 114 cm³/mol. The molecule has 8 nitrogen and oxygen atoms in total. The normalized spacial score (nSPS) is 16.1. The van der Waals surface area contributed by atoms with Crippen molar-refractivity contribution in [2.45, 2.75) is 6.42 Å². The van der Waals surface area contributed by atoms with Crippen molar-refractivity contribution in [3.8, 4) is 0 Å². The van der Waals surface area contributed by atoms with Crippen LogP contribution < -0.4 is 0 Å². The van der Waals surface area contributed by atoms with Crippen LogP contribution in [0.15, 0.2) is 35.7 Å². The fraction of sp³-hybridized carbons (Fsp3) is 0.364. The molecule has 1 fully saturated rings. The maximum Gasteiger partial charge on any atom is 0.264 e. The molecule has 2 aliphatic heterocycles. The number of rotatable bonds is 6. The SMILES string of the molecule is COCCCN1C(=O)c2ccc(C(=O)N3CCN(C(=O)c4cccs4)CC3)cc2C1=O. The number of hydrogen-bond acceptors (Lipinski definition) is 6. The van der Waals surface area contributed by atoms with Gasteiger partial charge in [-0.05, 0) is 36.1 Å². The summed E-state index contributed by atoms with van der Waals surface area (Å²) in [5.41, 5.74) is 0.960. The predicted octanol–water partition coefficient (Wildman–Crippen LogP) is 1.98. The highest BCUT2D eigenvalue weighted by molar-refractivity contribution is 7.12. The van der Waals surface area contributed by atoms with Gasteiger partial charge in [0.15, 0.2) is 0 Å². The van der Waals surface area contributed by atoms with Gasteiger partial charge in [-0.25, -0.2) is 0 Å². The van der Waals surface area contributed by atoms with Crippen LogP contribution in [0.25, 0.3) is 0 Å². The molecular formula is C22H23N3O5S. The highest BCUT2D eigenvalue weighted by Gasteiger charge is 2.36. The van der Waals surface area contributed by atoms with Crippen molar-refractivity contribution in [1.29, 1.82) is 0 Å². The summed E-state index contributed by atoms with van der Waals surface area (Å²) < 4.78 is 4.99. The summed E-state index contributed by atoms with van der Waals surface area (Å²) in [6, 6.07) is 8.30. The largest absolute Gasteiger partial charge is 0.385 e. The van der Waals surface area contributed by atoms with Crippen LogP contribution in [-0.2, 0) is 4.74 Å². The Kier molecular flexibility index (Phi) is 6.15. The minimum atomic E-state index is -0.378. The van der Waals surface area contributed by atoms with Gasteiger partial charge in [0, 0.05) is 52.0 Å². The molecule has 0 aliphatic carbocycles. The lowest BCUT2D eigenvalue weighted by atomic mass is 10.0. The van der Waals surface area contributed by atoms with Gasteiger partial charge in [0.05, 0.1) is 16.0 Å². The van der Waals surface area contributed by atoms with E-state index in [9.17, 15) is 19.2 Å². The number of thiophene rings is 1. The summed E-state index contributed by atoms with van der Waals surface area (Å²) >= 11 is 1.40. The third-order valence-corrected chi connectivity index (χ3v) is 6.39. The van der Waals surface area contributed by atoms with Gasteiger partial charge in [-0.15, -0.1) is 11.3 Å². The van der Waals surface area contributed by atoms with Crippen molar-refractivity contribution in [3.63, 3.8) is 0 Å². The number of nitrogens with zero attached hydrogens (tertiary/aromatic N) is 3. The lowest BCUT2D eigenvalue weighted by Crippen LogP contribution is -2.50. The maximum atomic E-state index is 13.0. The van der Waals surface area contributed by atoms with E-state index in [2.05, 4.69) is 0 Å². The highest BCUT2D eigenvalue weighted by atomic mass is 32.1. The molecule has 4 amide bonds. The van der Waals surface area contributed by atoms with Crippen LogP contribution in [-0.4, -0.2) is 84.8 Å². The molecule has 1 aromatic carbocycles. The molecular weight excluding hydrogens is 418 g/mol. The van der Waals surface area contributed by atoms with Gasteiger partial charge in [-0.3, -0.25) is 24.1 Å². The quantitative estimate of drug-likeness (QED) is 0.505. The number of carbonyl (C=O) groups excluding carboxylic acids is 4. The average Bonchev–Trinajstić information content (AvgIpc) is 3.42. The number of carbonyl (C=O) groups is 4. The van der Waals surface area contributed by atoms with Crippen LogP contribution >= 0.6 is 11.3 Å². The molecule has 0 atom stereocenters. The van der Waals surface area contributed by atoms with Gasteiger partial charge >= 0.3 is 0 Å². The molecule has 0 bridgehead atoms. The minimum Gasteiger partial charge on any atom is -0.385 e. The average molecular weight is 442 g/mol. The zero-order valence-electron chi connectivity index (χ0n) is 17.2. The van der Waals surface area contributed by atoms with Crippen molar-refractivity contribution in [2.24, 2.45) is 0 Å². The third-order valence-electron chi connectivity index (χ3n) is 5.53. The first-order valence-corrected chi connectivity index (χ1v) is 11.0. The van der Waals surface area contributed by atoms with Gasteiger partial charge in [-0.2, -0.15) is 0 Å². The van der Waals surface area contributed by atoms with E-state index < -0.39 is 0 Å². The first kappa shape index (κ1) is 21.2. The van der Waals surface area contributed by atoms with Crippen molar-refractivity contribution in [3.05, 3.63) is 57.3 Å². The lowest BCUT2D eigenvalue weighted by molar-refractivity contribution is 0.0538. The standard InChI is InChI=1S/C22H23N3O5S/c1-30-12-3-7-25-20(27)16-6-5-15(14-17(16)21(25)28)19(26)23-8-10-24(11-9-23)22(29)18-4-2-13-31-18/h2,4-6,13-14H,3,7-12H2,1H3. The lowest BCUT2D eigenvalue weighted by Gasteiger charge is -2.34. The Balaban J connectivity index is 1.41. The summed E-state index contributed by atoms with van der Waals surface area (Å²) in [6.45, 7) is 2.49. The summed E-state index contributed by atoms with van der Waals surface area (Å²) in [5.74, 6) is -0.936. The van der Waals surface area contributed by atoms with Crippen LogP contribution in [0.3, 0.4) is 0 Å². The van der Waals surface area contributed by atoms with Crippen LogP contribution in [0.5, 0.6) is 0 Å². The Bertz CT molecular complexity index is 1010.